The van der Waals surface area contributed by atoms with Gasteiger partial charge in [-0.25, -0.2) is 0 Å². The number of benzene rings is 2. The van der Waals surface area contributed by atoms with Crippen molar-refractivity contribution in [3.63, 3.8) is 0 Å². The highest BCUT2D eigenvalue weighted by molar-refractivity contribution is 6.46. The minimum Gasteiger partial charge on any atom is -0.507 e. The van der Waals surface area contributed by atoms with Crippen LogP contribution >= 0.6 is 0 Å². The molecule has 4 rings (SSSR count). The Bertz CT molecular complexity index is 1020. The summed E-state index contributed by atoms with van der Waals surface area (Å²) in [6.07, 6.45) is 4.36. The van der Waals surface area contributed by atoms with E-state index in [0.29, 0.717) is 18.7 Å². The smallest absolute Gasteiger partial charge is 0.295 e. The van der Waals surface area contributed by atoms with Crippen molar-refractivity contribution in [2.24, 2.45) is 0 Å². The summed E-state index contributed by atoms with van der Waals surface area (Å²) >= 11 is 0. The first-order chi connectivity index (χ1) is 15.5. The third-order valence-electron chi connectivity index (χ3n) is 6.83. The molecule has 168 valence electrons. The number of ketones is 1. The van der Waals surface area contributed by atoms with E-state index in [0.717, 1.165) is 37.9 Å². The number of aliphatic hydroxyl groups excluding tert-OH is 1. The minimum absolute atomic E-state index is 0.0732. The van der Waals surface area contributed by atoms with Gasteiger partial charge < -0.3 is 14.9 Å². The second-order valence-corrected chi connectivity index (χ2v) is 8.62. The molecule has 1 amide bonds. The van der Waals surface area contributed by atoms with Gasteiger partial charge in [0.25, 0.3) is 11.7 Å². The number of aryl methyl sites for hydroxylation is 2. The molecule has 1 aliphatic heterocycles. The molecule has 5 heteroatoms. The molecule has 2 aliphatic rings. The summed E-state index contributed by atoms with van der Waals surface area (Å²) in [5.74, 6) is -1.21. The van der Waals surface area contributed by atoms with Crippen molar-refractivity contribution >= 4 is 17.4 Å². The molecule has 0 aromatic heterocycles. The van der Waals surface area contributed by atoms with Gasteiger partial charge in [-0.3, -0.25) is 9.59 Å². The molecule has 2 aromatic carbocycles. The number of likely N-dealkylation sites (N-methyl/N-ethyl adjacent to an activating group) is 1. The van der Waals surface area contributed by atoms with Crippen LogP contribution in [0.1, 0.15) is 55.0 Å². The average Bonchev–Trinajstić information content (AvgIpc) is 3.09. The summed E-state index contributed by atoms with van der Waals surface area (Å²) in [6.45, 7) is 7.05. The zero-order valence-electron chi connectivity index (χ0n) is 19.0. The van der Waals surface area contributed by atoms with Crippen molar-refractivity contribution in [2.75, 3.05) is 26.2 Å². The Balaban J connectivity index is 1.76. The lowest BCUT2D eigenvalue weighted by Gasteiger charge is -2.28. The number of hydrogen-bond donors (Lipinski definition) is 1. The maximum atomic E-state index is 13.2. The lowest BCUT2D eigenvalue weighted by Crippen LogP contribution is -2.38. The van der Waals surface area contributed by atoms with Gasteiger partial charge in [0.2, 0.25) is 0 Å². The zero-order chi connectivity index (χ0) is 22.7. The number of Topliss-reactive ketones (excluding diaryl/α,β-unsaturated/α-hetero) is 1. The topological polar surface area (TPSA) is 60.9 Å². The van der Waals surface area contributed by atoms with Crippen molar-refractivity contribution < 1.29 is 14.7 Å². The predicted molar refractivity (Wildman–Crippen MR) is 126 cm³/mol. The number of amides is 1. The molecule has 1 heterocycles. The van der Waals surface area contributed by atoms with Crippen molar-refractivity contribution in [1.29, 1.82) is 0 Å². The first-order valence-corrected chi connectivity index (χ1v) is 11.7. The van der Waals surface area contributed by atoms with Crippen LogP contribution in [-0.2, 0) is 22.4 Å². The molecule has 32 heavy (non-hydrogen) atoms. The van der Waals surface area contributed by atoms with Crippen molar-refractivity contribution in [3.05, 3.63) is 76.4 Å². The van der Waals surface area contributed by atoms with Gasteiger partial charge in [0.15, 0.2) is 0 Å². The minimum atomic E-state index is -0.603. The number of carbonyl (C=O) groups is 2. The Morgan fingerprint density at radius 2 is 1.69 bits per heavy atom. The van der Waals surface area contributed by atoms with E-state index in [-0.39, 0.29) is 11.3 Å². The summed E-state index contributed by atoms with van der Waals surface area (Å²) in [4.78, 5) is 30.1. The SMILES string of the molecule is CCN(CC)CCN1C(=O)C(=O)/C(=C(\O)c2ccc3c(c2)CCCC3)C1c1ccccc1. The molecular formula is C27H32N2O3. The molecule has 2 aromatic rings. The molecule has 0 radical (unpaired) electrons. The van der Waals surface area contributed by atoms with Crippen LogP contribution in [0.15, 0.2) is 54.1 Å². The van der Waals surface area contributed by atoms with E-state index in [1.807, 2.05) is 42.5 Å². The fraction of sp³-hybridized carbons (Fsp3) is 0.407. The van der Waals surface area contributed by atoms with Crippen LogP contribution in [0.25, 0.3) is 5.76 Å². The first kappa shape index (κ1) is 22.3. The molecule has 0 bridgehead atoms. The Kier molecular flexibility index (Phi) is 6.75. The fourth-order valence-corrected chi connectivity index (χ4v) is 4.92. The van der Waals surface area contributed by atoms with Crippen LogP contribution in [0.5, 0.6) is 0 Å². The van der Waals surface area contributed by atoms with E-state index in [4.69, 9.17) is 0 Å². The fourth-order valence-electron chi connectivity index (χ4n) is 4.92. The monoisotopic (exact) mass is 432 g/mol. The van der Waals surface area contributed by atoms with Gasteiger partial charge in [-0.05, 0) is 61.5 Å². The molecule has 5 nitrogen and oxygen atoms in total. The number of fused-ring (bicyclic) bond motifs is 1. The highest BCUT2D eigenvalue weighted by Gasteiger charge is 2.45. The molecule has 1 N–H and O–H groups in total. The number of rotatable bonds is 7. The van der Waals surface area contributed by atoms with E-state index in [2.05, 4.69) is 24.8 Å². The number of carbonyl (C=O) groups excluding carboxylic acids is 2. The van der Waals surface area contributed by atoms with Crippen LogP contribution in [0.3, 0.4) is 0 Å². The number of aliphatic hydroxyl groups is 1. The van der Waals surface area contributed by atoms with Gasteiger partial charge in [-0.2, -0.15) is 0 Å². The third kappa shape index (κ3) is 4.22. The van der Waals surface area contributed by atoms with Crippen LogP contribution in [0.2, 0.25) is 0 Å². The van der Waals surface area contributed by atoms with Gasteiger partial charge in [-0.15, -0.1) is 0 Å². The zero-order valence-corrected chi connectivity index (χ0v) is 19.0. The summed E-state index contributed by atoms with van der Waals surface area (Å²) < 4.78 is 0. The van der Waals surface area contributed by atoms with Gasteiger partial charge in [-0.1, -0.05) is 56.3 Å². The van der Waals surface area contributed by atoms with E-state index < -0.39 is 17.7 Å². The largest absolute Gasteiger partial charge is 0.507 e. The second kappa shape index (κ2) is 9.70. The highest BCUT2D eigenvalue weighted by Crippen LogP contribution is 2.39. The van der Waals surface area contributed by atoms with Gasteiger partial charge in [0.1, 0.15) is 5.76 Å². The Hall–Kier alpha value is -2.92. The molecule has 1 fully saturated rings. The third-order valence-corrected chi connectivity index (χ3v) is 6.83. The summed E-state index contributed by atoms with van der Waals surface area (Å²) in [5, 5.41) is 11.3. The summed E-state index contributed by atoms with van der Waals surface area (Å²) in [5.41, 5.74) is 4.19. The quantitative estimate of drug-likeness (QED) is 0.402. The van der Waals surface area contributed by atoms with E-state index in [1.165, 1.54) is 17.5 Å². The van der Waals surface area contributed by atoms with Gasteiger partial charge in [0.05, 0.1) is 11.6 Å². The maximum absolute atomic E-state index is 13.2. The molecule has 1 unspecified atom stereocenters. The predicted octanol–water partition coefficient (Wildman–Crippen LogP) is 4.33. The highest BCUT2D eigenvalue weighted by atomic mass is 16.3. The first-order valence-electron chi connectivity index (χ1n) is 11.7. The molecule has 0 spiro atoms. The Labute approximate surface area is 190 Å². The van der Waals surface area contributed by atoms with Crippen LogP contribution in [0.4, 0.5) is 0 Å². The summed E-state index contributed by atoms with van der Waals surface area (Å²) in [7, 11) is 0. The number of likely N-dealkylation sites (tertiary alicyclic amines) is 1. The van der Waals surface area contributed by atoms with Crippen molar-refractivity contribution in [3.8, 4) is 0 Å². The molecule has 1 aliphatic carbocycles. The van der Waals surface area contributed by atoms with E-state index in [9.17, 15) is 14.7 Å². The van der Waals surface area contributed by atoms with Crippen LogP contribution in [-0.4, -0.2) is 52.8 Å². The van der Waals surface area contributed by atoms with E-state index in [1.54, 1.807) is 4.90 Å². The number of hydrogen-bond acceptors (Lipinski definition) is 4. The van der Waals surface area contributed by atoms with Crippen molar-refractivity contribution in [2.45, 2.75) is 45.6 Å². The standard InChI is InChI=1S/C27H32N2O3/c1-3-28(4-2)16-17-29-24(20-11-6-5-7-12-20)23(26(31)27(29)32)25(30)22-15-14-19-10-8-9-13-21(19)18-22/h5-7,11-12,14-15,18,24,30H,3-4,8-10,13,16-17H2,1-2H3/b25-23-. The lowest BCUT2D eigenvalue weighted by atomic mass is 9.89. The van der Waals surface area contributed by atoms with Crippen molar-refractivity contribution in [1.82, 2.24) is 9.80 Å². The normalized spacial score (nSPS) is 20.1. The molecular weight excluding hydrogens is 400 g/mol. The Morgan fingerprint density at radius 3 is 2.38 bits per heavy atom. The summed E-state index contributed by atoms with van der Waals surface area (Å²) in [6, 6.07) is 14.9. The average molecular weight is 433 g/mol. The van der Waals surface area contributed by atoms with Gasteiger partial charge >= 0.3 is 0 Å². The Morgan fingerprint density at radius 1 is 1.00 bits per heavy atom. The molecule has 1 saturated heterocycles. The second-order valence-electron chi connectivity index (χ2n) is 8.62. The van der Waals surface area contributed by atoms with Crippen LogP contribution in [0, 0.1) is 0 Å². The number of nitrogens with zero attached hydrogens (tertiary/aromatic N) is 2. The van der Waals surface area contributed by atoms with Gasteiger partial charge in [0, 0.05) is 18.7 Å². The van der Waals surface area contributed by atoms with Crippen LogP contribution < -0.4 is 0 Å². The lowest BCUT2D eigenvalue weighted by molar-refractivity contribution is -0.140. The molecule has 1 atom stereocenters. The molecule has 0 saturated carbocycles. The van der Waals surface area contributed by atoms with E-state index >= 15 is 0 Å². The maximum Gasteiger partial charge on any atom is 0.295 e.